The Hall–Kier alpha value is -1.62. The summed E-state index contributed by atoms with van der Waals surface area (Å²) in [6.07, 6.45) is 1.39. The highest BCUT2D eigenvalue weighted by atomic mass is 35.5. The summed E-state index contributed by atoms with van der Waals surface area (Å²) >= 11 is 5.58. The number of hydrogen-bond donors (Lipinski definition) is 1. The van der Waals surface area contributed by atoms with Gasteiger partial charge in [0.1, 0.15) is 5.15 Å². The van der Waals surface area contributed by atoms with Crippen molar-refractivity contribution < 1.29 is 14.3 Å². The molecule has 1 heterocycles. The lowest BCUT2D eigenvalue weighted by atomic mass is 10.3. The number of hydrogen-bond acceptors (Lipinski definition) is 4. The number of carbonyl (C=O) groups is 2. The van der Waals surface area contributed by atoms with Gasteiger partial charge >= 0.3 is 5.97 Å². The Morgan fingerprint density at radius 1 is 1.60 bits per heavy atom. The summed E-state index contributed by atoms with van der Waals surface area (Å²) in [5, 5.41) is 2.53. The minimum atomic E-state index is -0.608. The van der Waals surface area contributed by atoms with E-state index in [0.717, 1.165) is 0 Å². The molecule has 0 spiro atoms. The predicted octanol–water partition coefficient (Wildman–Crippen LogP) is 0.638. The van der Waals surface area contributed by atoms with E-state index < -0.39 is 5.97 Å². The summed E-state index contributed by atoms with van der Waals surface area (Å²) < 4.78 is 4.70. The third-order valence-electron chi connectivity index (χ3n) is 1.58. The van der Waals surface area contributed by atoms with Crippen LogP contribution in [0.25, 0.3) is 0 Å². The molecule has 1 N–H and O–H groups in total. The van der Waals surface area contributed by atoms with Crippen LogP contribution in [0.4, 0.5) is 0 Å². The molecule has 0 aliphatic heterocycles. The van der Waals surface area contributed by atoms with Crippen LogP contribution in [0.5, 0.6) is 0 Å². The summed E-state index contributed by atoms with van der Waals surface area (Å²) in [5.41, 5.74) is 0.263. The van der Waals surface area contributed by atoms with Crippen molar-refractivity contribution in [3.8, 4) is 0 Å². The number of carbonyl (C=O) groups excluding carboxylic acids is 2. The van der Waals surface area contributed by atoms with Gasteiger partial charge in [0.25, 0.3) is 5.91 Å². The molecule has 5 nitrogen and oxygen atoms in total. The van der Waals surface area contributed by atoms with Crippen LogP contribution in [0.3, 0.4) is 0 Å². The van der Waals surface area contributed by atoms with Crippen LogP contribution < -0.4 is 5.32 Å². The van der Waals surface area contributed by atoms with Crippen LogP contribution in [0, 0.1) is 0 Å². The lowest BCUT2D eigenvalue weighted by Gasteiger charge is -2.03. The fourth-order valence-corrected chi connectivity index (χ4v) is 0.990. The molecule has 6 heteroatoms. The summed E-state index contributed by atoms with van der Waals surface area (Å²) in [5.74, 6) is -0.980. The Morgan fingerprint density at radius 3 is 2.93 bits per heavy atom. The first-order valence-electron chi connectivity index (χ1n) is 4.12. The fraction of sp³-hybridized carbons (Fsp3) is 0.222. The molecule has 0 bridgehead atoms. The largest absolute Gasteiger partial charge is 0.452 e. The molecule has 0 saturated heterocycles. The lowest BCUT2D eigenvalue weighted by molar-refractivity contribution is -0.123. The van der Waals surface area contributed by atoms with E-state index in [9.17, 15) is 9.59 Å². The molecule has 15 heavy (non-hydrogen) atoms. The SMILES string of the molecule is CNC(=O)COC(=O)c1ccnc(Cl)c1. The molecule has 0 radical (unpaired) electrons. The molecule has 0 aromatic carbocycles. The summed E-state index contributed by atoms with van der Waals surface area (Å²) in [6, 6.07) is 2.83. The topological polar surface area (TPSA) is 68.3 Å². The third-order valence-corrected chi connectivity index (χ3v) is 1.78. The molecule has 0 saturated carbocycles. The normalized spacial score (nSPS) is 9.47. The van der Waals surface area contributed by atoms with Gasteiger partial charge < -0.3 is 10.1 Å². The zero-order chi connectivity index (χ0) is 11.3. The maximum atomic E-state index is 11.3. The Balaban J connectivity index is 2.58. The van der Waals surface area contributed by atoms with Crippen molar-refractivity contribution in [1.82, 2.24) is 10.3 Å². The molecular formula is C9H9ClN2O3. The molecule has 0 aliphatic rings. The number of nitrogens with zero attached hydrogens (tertiary/aromatic N) is 1. The van der Waals surface area contributed by atoms with Gasteiger partial charge in [-0.05, 0) is 12.1 Å². The van der Waals surface area contributed by atoms with Gasteiger partial charge in [-0.15, -0.1) is 0 Å². The monoisotopic (exact) mass is 228 g/mol. The van der Waals surface area contributed by atoms with Crippen molar-refractivity contribution in [3.63, 3.8) is 0 Å². The van der Waals surface area contributed by atoms with Gasteiger partial charge in [0.2, 0.25) is 0 Å². The van der Waals surface area contributed by atoms with Gasteiger partial charge in [0.05, 0.1) is 5.56 Å². The average molecular weight is 229 g/mol. The molecule has 0 aliphatic carbocycles. The van der Waals surface area contributed by atoms with Crippen LogP contribution in [-0.4, -0.2) is 30.5 Å². The zero-order valence-corrected chi connectivity index (χ0v) is 8.75. The second-order valence-corrected chi connectivity index (χ2v) is 3.00. The molecule has 1 aromatic heterocycles. The van der Waals surface area contributed by atoms with Crippen LogP contribution in [0.2, 0.25) is 5.15 Å². The lowest BCUT2D eigenvalue weighted by Crippen LogP contribution is -2.25. The van der Waals surface area contributed by atoms with Crippen LogP contribution in [-0.2, 0) is 9.53 Å². The van der Waals surface area contributed by atoms with E-state index in [1.54, 1.807) is 0 Å². The minimum Gasteiger partial charge on any atom is -0.452 e. The standard InChI is InChI=1S/C9H9ClN2O3/c1-11-8(13)5-15-9(14)6-2-3-12-7(10)4-6/h2-4H,5H2,1H3,(H,11,13). The van der Waals surface area contributed by atoms with Crippen LogP contribution >= 0.6 is 11.6 Å². The zero-order valence-electron chi connectivity index (χ0n) is 7.99. The van der Waals surface area contributed by atoms with E-state index in [4.69, 9.17) is 16.3 Å². The highest BCUT2D eigenvalue weighted by molar-refractivity contribution is 6.29. The molecule has 80 valence electrons. The van der Waals surface area contributed by atoms with E-state index in [2.05, 4.69) is 10.3 Å². The molecular weight excluding hydrogens is 220 g/mol. The highest BCUT2D eigenvalue weighted by Crippen LogP contribution is 2.07. The van der Waals surface area contributed by atoms with Gasteiger partial charge in [-0.2, -0.15) is 0 Å². The number of halogens is 1. The molecule has 0 atom stereocenters. The number of ether oxygens (including phenoxy) is 1. The Labute approximate surface area is 91.4 Å². The van der Waals surface area contributed by atoms with Gasteiger partial charge in [-0.1, -0.05) is 11.6 Å². The van der Waals surface area contributed by atoms with E-state index >= 15 is 0 Å². The Kier molecular flexibility index (Phi) is 4.05. The second kappa shape index (κ2) is 5.31. The average Bonchev–Trinajstić information content (AvgIpc) is 2.25. The first kappa shape index (κ1) is 11.5. The first-order valence-corrected chi connectivity index (χ1v) is 4.50. The van der Waals surface area contributed by atoms with Crippen molar-refractivity contribution in [1.29, 1.82) is 0 Å². The third kappa shape index (κ3) is 3.55. The van der Waals surface area contributed by atoms with Crippen molar-refractivity contribution in [2.75, 3.05) is 13.7 Å². The van der Waals surface area contributed by atoms with Gasteiger partial charge in [0.15, 0.2) is 6.61 Å². The van der Waals surface area contributed by atoms with Crippen LogP contribution in [0.1, 0.15) is 10.4 Å². The predicted molar refractivity (Wildman–Crippen MR) is 53.6 cm³/mol. The summed E-state index contributed by atoms with van der Waals surface area (Å²) in [6.45, 7) is -0.310. The molecule has 1 rings (SSSR count). The number of amides is 1. The minimum absolute atomic E-state index is 0.199. The smallest absolute Gasteiger partial charge is 0.338 e. The Bertz CT molecular complexity index is 381. The highest BCUT2D eigenvalue weighted by Gasteiger charge is 2.09. The first-order chi connectivity index (χ1) is 7.13. The van der Waals surface area contributed by atoms with Gasteiger partial charge in [-0.25, -0.2) is 9.78 Å². The Morgan fingerprint density at radius 2 is 2.33 bits per heavy atom. The molecule has 0 unspecified atom stereocenters. The van der Waals surface area contributed by atoms with Crippen molar-refractivity contribution in [2.24, 2.45) is 0 Å². The van der Waals surface area contributed by atoms with E-state index in [0.29, 0.717) is 0 Å². The molecule has 1 aromatic rings. The number of nitrogens with one attached hydrogen (secondary N) is 1. The van der Waals surface area contributed by atoms with E-state index in [1.807, 2.05) is 0 Å². The van der Waals surface area contributed by atoms with Crippen molar-refractivity contribution >= 4 is 23.5 Å². The molecule has 1 amide bonds. The van der Waals surface area contributed by atoms with E-state index in [1.165, 1.54) is 25.4 Å². The second-order valence-electron chi connectivity index (χ2n) is 2.62. The van der Waals surface area contributed by atoms with Gasteiger partial charge in [-0.3, -0.25) is 4.79 Å². The number of likely N-dealkylation sites (N-methyl/N-ethyl adjacent to an activating group) is 1. The maximum Gasteiger partial charge on any atom is 0.338 e. The van der Waals surface area contributed by atoms with Crippen LogP contribution in [0.15, 0.2) is 18.3 Å². The van der Waals surface area contributed by atoms with Gasteiger partial charge in [0, 0.05) is 13.2 Å². The number of aromatic nitrogens is 1. The summed E-state index contributed by atoms with van der Waals surface area (Å²) in [4.78, 5) is 25.8. The molecule has 0 fully saturated rings. The number of esters is 1. The van der Waals surface area contributed by atoms with E-state index in [-0.39, 0.29) is 23.2 Å². The number of rotatable bonds is 3. The quantitative estimate of drug-likeness (QED) is 0.609. The number of pyridine rings is 1. The maximum absolute atomic E-state index is 11.3. The fourth-order valence-electron chi connectivity index (χ4n) is 0.816. The van der Waals surface area contributed by atoms with Crippen molar-refractivity contribution in [2.45, 2.75) is 0 Å². The van der Waals surface area contributed by atoms with Crippen molar-refractivity contribution in [3.05, 3.63) is 29.0 Å². The summed E-state index contributed by atoms with van der Waals surface area (Å²) in [7, 11) is 1.46.